The van der Waals surface area contributed by atoms with E-state index in [4.69, 9.17) is 4.74 Å². The fourth-order valence-electron chi connectivity index (χ4n) is 4.61. The maximum atomic E-state index is 14.0. The number of carboxylic acids is 1. The minimum atomic E-state index is -1.11. The molecule has 0 radical (unpaired) electrons. The third-order valence-electron chi connectivity index (χ3n) is 6.32. The molecule has 5 rings (SSSR count). The molecule has 2 N–H and O–H groups in total. The number of carbonyl (C=O) groups is 2. The first-order valence-electron chi connectivity index (χ1n) is 11.1. The lowest BCUT2D eigenvalue weighted by atomic mass is 10.0. The van der Waals surface area contributed by atoms with Crippen LogP contribution in [0.1, 0.15) is 38.9 Å². The molecule has 36 heavy (non-hydrogen) atoms. The minimum absolute atomic E-state index is 0.0874. The van der Waals surface area contributed by atoms with Crippen molar-refractivity contribution in [3.8, 4) is 5.75 Å². The lowest BCUT2D eigenvalue weighted by Gasteiger charge is -2.19. The number of ether oxygens (including phenoxy) is 1. The number of aliphatic carboxylic acids is 1. The largest absolute Gasteiger partial charge is 0.485 e. The van der Waals surface area contributed by atoms with E-state index >= 15 is 0 Å². The molecule has 1 aliphatic rings. The van der Waals surface area contributed by atoms with Crippen LogP contribution in [0.5, 0.6) is 5.75 Å². The van der Waals surface area contributed by atoms with Crippen LogP contribution in [-0.4, -0.2) is 26.4 Å². The van der Waals surface area contributed by atoms with Crippen LogP contribution in [0.4, 0.5) is 13.2 Å². The fraction of sp³-hybridized carbons (Fsp3) is 0.192. The molecule has 2 aromatic carbocycles. The summed E-state index contributed by atoms with van der Waals surface area (Å²) in [6.07, 6.45) is 1.66. The zero-order valence-corrected chi connectivity index (χ0v) is 19.0. The number of hydrogen-bond acceptors (Lipinski definition) is 4. The van der Waals surface area contributed by atoms with Crippen LogP contribution in [0, 0.1) is 30.3 Å². The number of aryl methyl sites for hydroxylation is 1. The lowest BCUT2D eigenvalue weighted by molar-refractivity contribution is -0.142. The summed E-state index contributed by atoms with van der Waals surface area (Å²) in [7, 11) is 0. The Morgan fingerprint density at radius 1 is 1.14 bits per heavy atom. The molecule has 2 atom stereocenters. The number of fused-ring (bicyclic) bond motifs is 2. The van der Waals surface area contributed by atoms with Crippen molar-refractivity contribution in [2.24, 2.45) is 5.92 Å². The third-order valence-corrected chi connectivity index (χ3v) is 6.32. The Kier molecular flexibility index (Phi) is 5.87. The molecule has 7 nitrogen and oxygen atoms in total. The molecular weight excluding hydrogens is 475 g/mol. The number of aromatic nitrogens is 2. The zero-order valence-electron chi connectivity index (χ0n) is 19.0. The van der Waals surface area contributed by atoms with E-state index in [0.29, 0.717) is 16.8 Å². The smallest absolute Gasteiger partial charge is 0.309 e. The molecule has 0 bridgehead atoms. The van der Waals surface area contributed by atoms with Gasteiger partial charge in [0, 0.05) is 6.20 Å². The predicted octanol–water partition coefficient (Wildman–Crippen LogP) is 4.37. The Morgan fingerprint density at radius 2 is 1.89 bits per heavy atom. The van der Waals surface area contributed by atoms with Crippen LogP contribution in [0.2, 0.25) is 0 Å². The molecule has 1 amide bonds. The van der Waals surface area contributed by atoms with E-state index < -0.39 is 41.3 Å². The SMILES string of the molecule is Cc1nc2c(OCc3c(F)cccc3F)cccn2c1C(=O)N[C@@H]1c2ccc(F)cc2C[C@H]1C(=O)O. The summed E-state index contributed by atoms with van der Waals surface area (Å²) in [5.74, 6) is -4.41. The van der Waals surface area contributed by atoms with Crippen molar-refractivity contribution in [3.05, 3.63) is 100 Å². The molecule has 10 heteroatoms. The minimum Gasteiger partial charge on any atom is -0.485 e. The van der Waals surface area contributed by atoms with Gasteiger partial charge < -0.3 is 15.2 Å². The van der Waals surface area contributed by atoms with Crippen molar-refractivity contribution in [3.63, 3.8) is 0 Å². The van der Waals surface area contributed by atoms with E-state index in [2.05, 4.69) is 10.3 Å². The fourth-order valence-corrected chi connectivity index (χ4v) is 4.61. The van der Waals surface area contributed by atoms with E-state index in [-0.39, 0.29) is 35.7 Å². The van der Waals surface area contributed by atoms with Gasteiger partial charge in [0.1, 0.15) is 29.8 Å². The van der Waals surface area contributed by atoms with Crippen LogP contribution in [0.25, 0.3) is 5.65 Å². The molecule has 0 fully saturated rings. The number of benzene rings is 2. The van der Waals surface area contributed by atoms with Gasteiger partial charge in [0.15, 0.2) is 11.4 Å². The Morgan fingerprint density at radius 3 is 2.61 bits per heavy atom. The van der Waals surface area contributed by atoms with E-state index in [9.17, 15) is 27.9 Å². The Hall–Kier alpha value is -4.34. The quantitative estimate of drug-likeness (QED) is 0.415. The predicted molar refractivity (Wildman–Crippen MR) is 122 cm³/mol. The molecule has 0 unspecified atom stereocenters. The van der Waals surface area contributed by atoms with Gasteiger partial charge in [0.05, 0.1) is 23.2 Å². The maximum Gasteiger partial charge on any atom is 0.309 e. The van der Waals surface area contributed by atoms with Crippen molar-refractivity contribution >= 4 is 17.5 Å². The Labute approximate surface area is 203 Å². The van der Waals surface area contributed by atoms with Gasteiger partial charge >= 0.3 is 5.97 Å². The average Bonchev–Trinajstić information content (AvgIpc) is 3.35. The number of carboxylic acid groups (broad SMARTS) is 1. The van der Waals surface area contributed by atoms with E-state index in [1.165, 1.54) is 28.7 Å². The molecule has 0 aliphatic heterocycles. The number of amides is 1. The van der Waals surface area contributed by atoms with Crippen LogP contribution in [0.3, 0.4) is 0 Å². The number of nitrogens with one attached hydrogen (secondary N) is 1. The normalized spacial score (nSPS) is 16.7. The molecule has 0 saturated carbocycles. The number of halogens is 3. The van der Waals surface area contributed by atoms with Gasteiger partial charge in [-0.1, -0.05) is 12.1 Å². The molecular formula is C26H20F3N3O4. The molecule has 1 aliphatic carbocycles. The van der Waals surface area contributed by atoms with Crippen molar-refractivity contribution in [1.82, 2.24) is 14.7 Å². The summed E-state index contributed by atoms with van der Waals surface area (Å²) in [4.78, 5) is 29.6. The van der Waals surface area contributed by atoms with E-state index in [1.807, 2.05) is 0 Å². The number of pyridine rings is 1. The van der Waals surface area contributed by atoms with Gasteiger partial charge in [0.2, 0.25) is 0 Å². The topological polar surface area (TPSA) is 92.9 Å². The number of rotatable bonds is 6. The van der Waals surface area contributed by atoms with Crippen molar-refractivity contribution < 1.29 is 32.6 Å². The van der Waals surface area contributed by atoms with Crippen LogP contribution in [-0.2, 0) is 17.8 Å². The molecule has 2 aromatic heterocycles. The first-order chi connectivity index (χ1) is 17.2. The first kappa shape index (κ1) is 23.4. The molecule has 4 aromatic rings. The average molecular weight is 495 g/mol. The highest BCUT2D eigenvalue weighted by atomic mass is 19.1. The van der Waals surface area contributed by atoms with Gasteiger partial charge in [-0.25, -0.2) is 18.2 Å². The van der Waals surface area contributed by atoms with Gasteiger partial charge in [-0.05, 0) is 60.9 Å². The van der Waals surface area contributed by atoms with Crippen LogP contribution >= 0.6 is 0 Å². The third kappa shape index (κ3) is 4.04. The van der Waals surface area contributed by atoms with Gasteiger partial charge in [-0.2, -0.15) is 0 Å². The second kappa shape index (κ2) is 9.03. The van der Waals surface area contributed by atoms with Crippen molar-refractivity contribution in [1.29, 1.82) is 0 Å². The second-order valence-electron chi connectivity index (χ2n) is 8.54. The van der Waals surface area contributed by atoms with Crippen LogP contribution < -0.4 is 10.1 Å². The highest BCUT2D eigenvalue weighted by Crippen LogP contribution is 2.37. The second-order valence-corrected chi connectivity index (χ2v) is 8.54. The molecule has 0 spiro atoms. The standard InChI is InChI=1S/C26H20F3N3O4/c1-13-23(25(33)31-22-16-8-7-15(27)10-14(16)11-17(22)26(34)35)32-9-3-6-21(24(32)30-13)36-12-18-19(28)4-2-5-20(18)29/h2-10,17,22H,11-12H2,1H3,(H,31,33)(H,34,35)/t17-,22-/m1/s1. The summed E-state index contributed by atoms with van der Waals surface area (Å²) in [5.41, 5.74) is 1.56. The molecule has 184 valence electrons. The number of carbonyl (C=O) groups excluding carboxylic acids is 1. The highest BCUT2D eigenvalue weighted by Gasteiger charge is 2.39. The summed E-state index contributed by atoms with van der Waals surface area (Å²) in [6.45, 7) is 1.22. The monoisotopic (exact) mass is 495 g/mol. The van der Waals surface area contributed by atoms with Crippen molar-refractivity contribution in [2.45, 2.75) is 26.0 Å². The van der Waals surface area contributed by atoms with Gasteiger partial charge in [-0.3, -0.25) is 14.0 Å². The Balaban J connectivity index is 1.45. The maximum absolute atomic E-state index is 14.0. The van der Waals surface area contributed by atoms with E-state index in [1.54, 1.807) is 25.3 Å². The number of imidazole rings is 1. The lowest BCUT2D eigenvalue weighted by Crippen LogP contribution is -2.35. The van der Waals surface area contributed by atoms with Gasteiger partial charge in [-0.15, -0.1) is 0 Å². The summed E-state index contributed by atoms with van der Waals surface area (Å²) in [6, 6.07) is 9.78. The molecule has 2 heterocycles. The zero-order chi connectivity index (χ0) is 25.6. The highest BCUT2D eigenvalue weighted by molar-refractivity contribution is 5.95. The van der Waals surface area contributed by atoms with Crippen molar-refractivity contribution in [2.75, 3.05) is 0 Å². The molecule has 0 saturated heterocycles. The summed E-state index contributed by atoms with van der Waals surface area (Å²) >= 11 is 0. The summed E-state index contributed by atoms with van der Waals surface area (Å²) < 4.78 is 48.8. The Bertz CT molecular complexity index is 1500. The number of hydrogen-bond donors (Lipinski definition) is 2. The van der Waals surface area contributed by atoms with E-state index in [0.717, 1.165) is 12.1 Å². The van der Waals surface area contributed by atoms with Crippen LogP contribution in [0.15, 0.2) is 54.7 Å². The summed E-state index contributed by atoms with van der Waals surface area (Å²) in [5, 5.41) is 12.5. The number of nitrogens with zero attached hydrogens (tertiary/aromatic N) is 2. The van der Waals surface area contributed by atoms with Gasteiger partial charge in [0.25, 0.3) is 5.91 Å². The first-order valence-corrected chi connectivity index (χ1v) is 11.1.